The Morgan fingerprint density at radius 3 is 1.28 bits per heavy atom. The Morgan fingerprint density at radius 1 is 0.538 bits per heavy atom. The summed E-state index contributed by atoms with van der Waals surface area (Å²) in [5, 5.41) is 4.14. The number of aryl methyl sites for hydroxylation is 3. The average Bonchev–Trinajstić information content (AvgIpc) is 2.84. The van der Waals surface area contributed by atoms with E-state index in [4.69, 9.17) is 0 Å². The quantitative estimate of drug-likeness (QED) is 0.175. The van der Waals surface area contributed by atoms with Gasteiger partial charge < -0.3 is 10.0 Å². The minimum absolute atomic E-state index is 0. The molecule has 0 bridgehead atoms. The molecule has 3 aromatic rings. The number of rotatable bonds is 12. The molecule has 0 N–H and O–H groups in total. The van der Waals surface area contributed by atoms with Crippen molar-refractivity contribution in [1.82, 2.24) is 3.71 Å². The number of sulfonamides is 3. The molecule has 9 nitrogen and oxygen atoms in total. The molecule has 0 heterocycles. The molecule has 0 atom stereocenters. The summed E-state index contributed by atoms with van der Waals surface area (Å²) in [4.78, 5) is -0.251. The van der Waals surface area contributed by atoms with Crippen LogP contribution < -0.4 is 59.1 Å². The normalized spacial score (nSPS) is 12.0. The van der Waals surface area contributed by atoms with Gasteiger partial charge in [-0.05, 0) is 57.2 Å². The maximum atomic E-state index is 13.4. The van der Waals surface area contributed by atoms with Gasteiger partial charge >= 0.3 is 59.1 Å². The summed E-state index contributed by atoms with van der Waals surface area (Å²) >= 11 is 0. The molecule has 0 spiro atoms. The van der Waals surface area contributed by atoms with E-state index in [-0.39, 0.29) is 93.4 Å². The van der Waals surface area contributed by atoms with Gasteiger partial charge in [0.15, 0.2) is 0 Å². The third-order valence-corrected chi connectivity index (χ3v) is 11.2. The van der Waals surface area contributed by atoms with Gasteiger partial charge in [-0.15, -0.1) is 6.54 Å². The Labute approximate surface area is 276 Å². The van der Waals surface area contributed by atoms with E-state index in [1.807, 2.05) is 6.92 Å². The first-order chi connectivity index (χ1) is 17.3. The Hall–Kier alpha value is -0.610. The van der Waals surface area contributed by atoms with Crippen molar-refractivity contribution in [3.63, 3.8) is 0 Å². The van der Waals surface area contributed by atoms with Crippen LogP contribution >= 0.6 is 0 Å². The van der Waals surface area contributed by atoms with Gasteiger partial charge in [-0.3, -0.25) is 0 Å². The van der Waals surface area contributed by atoms with Crippen molar-refractivity contribution in [2.45, 2.75) is 35.5 Å². The van der Waals surface area contributed by atoms with E-state index >= 15 is 0 Å². The summed E-state index contributed by atoms with van der Waals surface area (Å²) in [6, 6.07) is 18.0. The summed E-state index contributed by atoms with van der Waals surface area (Å²) in [6.45, 7) is 4.64. The Bertz CT molecular complexity index is 1450. The monoisotopic (exact) mass is 609 g/mol. The zero-order valence-electron chi connectivity index (χ0n) is 22.8. The first-order valence-electron chi connectivity index (χ1n) is 11.4. The van der Waals surface area contributed by atoms with Crippen LogP contribution in [0.5, 0.6) is 0 Å². The molecule has 3 rings (SSSR count). The molecule has 0 unspecified atom stereocenters. The molecule has 3 aromatic carbocycles. The number of hydrogen-bond donors (Lipinski definition) is 0. The van der Waals surface area contributed by atoms with E-state index in [1.165, 1.54) is 36.4 Å². The zero-order chi connectivity index (χ0) is 27.3. The van der Waals surface area contributed by atoms with Gasteiger partial charge in [-0.25, -0.2) is 25.3 Å². The first kappa shape index (κ1) is 36.4. The summed E-state index contributed by atoms with van der Waals surface area (Å²) in [6.07, 6.45) is 0. The second-order valence-corrected chi connectivity index (χ2v) is 14.1. The second kappa shape index (κ2) is 15.6. The van der Waals surface area contributed by atoms with E-state index < -0.39 is 36.6 Å². The Morgan fingerprint density at radius 2 is 0.897 bits per heavy atom. The molecule has 39 heavy (non-hydrogen) atoms. The van der Waals surface area contributed by atoms with Gasteiger partial charge in [0.1, 0.15) is 10.0 Å². The Balaban J connectivity index is 0.00000380. The topological polar surface area (TPSA) is 134 Å². The smallest absolute Gasteiger partial charge is 0.663 e. The van der Waals surface area contributed by atoms with E-state index in [1.54, 1.807) is 50.2 Å². The van der Waals surface area contributed by atoms with Crippen molar-refractivity contribution in [2.75, 3.05) is 26.2 Å². The fourth-order valence-electron chi connectivity index (χ4n) is 3.31. The fourth-order valence-corrected chi connectivity index (χ4v) is 7.88. The minimum Gasteiger partial charge on any atom is -0.663 e. The van der Waals surface area contributed by atoms with Crippen molar-refractivity contribution in [1.29, 1.82) is 0 Å². The van der Waals surface area contributed by atoms with Crippen LogP contribution in [-0.2, 0) is 30.1 Å². The SMILES string of the molecule is Cc1ccc(S(=O)(=O)[N-]CC[N-]CCN(S(=O)(=O)c2ccc(C)cc2)S(=O)(=O)c2ccc(C)cc2)cc1.[Na+].[Na+]. The van der Waals surface area contributed by atoms with Crippen LogP contribution in [-0.4, -0.2) is 55.1 Å². The van der Waals surface area contributed by atoms with Gasteiger partial charge in [-0.1, -0.05) is 56.8 Å². The molecule has 0 aromatic heterocycles. The zero-order valence-corrected chi connectivity index (χ0v) is 29.2. The standard InChI is InChI=1S/C25H29N3O6S3.2Na/c1-20-4-10-23(11-5-20)35(29,30)27-17-16-26-18-19-28(36(31,32)24-12-6-21(2)7-13-24)37(33,34)25-14-8-22(3)9-15-25;;/h4-15H,16-19H2,1-3H3;;/q-2;2*+1. The second-order valence-electron chi connectivity index (χ2n) is 8.44. The molecule has 200 valence electrons. The summed E-state index contributed by atoms with van der Waals surface area (Å²) < 4.78 is 82.3. The molecular weight excluding hydrogens is 580 g/mol. The first-order valence-corrected chi connectivity index (χ1v) is 15.7. The van der Waals surface area contributed by atoms with Crippen molar-refractivity contribution in [3.05, 3.63) is 99.5 Å². The average molecular weight is 610 g/mol. The molecule has 0 aliphatic rings. The van der Waals surface area contributed by atoms with Crippen molar-refractivity contribution in [2.24, 2.45) is 0 Å². The van der Waals surface area contributed by atoms with Gasteiger partial charge in [0.05, 0.1) is 9.79 Å². The fraction of sp³-hybridized carbons (Fsp3) is 0.280. The third kappa shape index (κ3) is 9.73. The van der Waals surface area contributed by atoms with Gasteiger partial charge in [-0.2, -0.15) is 13.1 Å². The molecule has 0 radical (unpaired) electrons. The van der Waals surface area contributed by atoms with Gasteiger partial charge in [0, 0.05) is 11.4 Å². The van der Waals surface area contributed by atoms with E-state index in [9.17, 15) is 25.3 Å². The van der Waals surface area contributed by atoms with Crippen LogP contribution in [0, 0.1) is 20.8 Å². The third-order valence-electron chi connectivity index (χ3n) is 5.45. The van der Waals surface area contributed by atoms with Crippen LogP contribution in [0.1, 0.15) is 16.7 Å². The minimum atomic E-state index is -4.42. The van der Waals surface area contributed by atoms with Crippen molar-refractivity contribution in [3.8, 4) is 0 Å². The van der Waals surface area contributed by atoms with Crippen molar-refractivity contribution >= 4 is 30.1 Å². The Kier molecular flexibility index (Phi) is 14.5. The molecule has 0 saturated heterocycles. The van der Waals surface area contributed by atoms with E-state index in [0.717, 1.165) is 16.7 Å². The van der Waals surface area contributed by atoms with Crippen LogP contribution in [0.3, 0.4) is 0 Å². The van der Waals surface area contributed by atoms with Crippen LogP contribution in [0.2, 0.25) is 0 Å². The van der Waals surface area contributed by atoms with Gasteiger partial charge in [0.25, 0.3) is 20.0 Å². The molecule has 0 aliphatic carbocycles. The van der Waals surface area contributed by atoms with Crippen molar-refractivity contribution < 1.29 is 84.4 Å². The molecule has 0 fully saturated rings. The predicted octanol–water partition coefficient (Wildman–Crippen LogP) is -1.86. The summed E-state index contributed by atoms with van der Waals surface area (Å²) in [5.41, 5.74) is 2.57. The van der Waals surface area contributed by atoms with E-state index in [0.29, 0.717) is 3.71 Å². The molecule has 14 heteroatoms. The maximum absolute atomic E-state index is 13.4. The van der Waals surface area contributed by atoms with Crippen LogP contribution in [0.4, 0.5) is 0 Å². The molecule has 0 amide bonds. The number of benzene rings is 3. The number of hydrogen-bond acceptors (Lipinski definition) is 6. The largest absolute Gasteiger partial charge is 1.00 e. The number of nitrogens with zero attached hydrogens (tertiary/aromatic N) is 3. The maximum Gasteiger partial charge on any atom is 1.00 e. The van der Waals surface area contributed by atoms with E-state index in [2.05, 4.69) is 10.0 Å². The van der Waals surface area contributed by atoms with Crippen LogP contribution in [0.15, 0.2) is 87.5 Å². The predicted molar refractivity (Wildman–Crippen MR) is 143 cm³/mol. The molecule has 0 aliphatic heterocycles. The summed E-state index contributed by atoms with van der Waals surface area (Å²) in [7, 11) is -12.7. The molecular formula is C25H29N3Na2O6S3. The molecule has 0 saturated carbocycles. The summed E-state index contributed by atoms with van der Waals surface area (Å²) in [5.74, 6) is 0. The van der Waals surface area contributed by atoms with Crippen LogP contribution in [0.25, 0.3) is 10.0 Å². The van der Waals surface area contributed by atoms with Gasteiger partial charge in [0.2, 0.25) is 0 Å².